The molecule has 2 N–H and O–H groups in total. The van der Waals surface area contributed by atoms with E-state index in [1.165, 1.54) is 7.11 Å². The van der Waals surface area contributed by atoms with E-state index < -0.39 is 29.6 Å². The first kappa shape index (κ1) is 22.3. The van der Waals surface area contributed by atoms with Crippen LogP contribution < -0.4 is 15.4 Å². The summed E-state index contributed by atoms with van der Waals surface area (Å²) in [5.41, 5.74) is 0.300. The highest BCUT2D eigenvalue weighted by atomic mass is 35.5. The Morgan fingerprint density at radius 3 is 2.44 bits per heavy atom. The third-order valence-corrected chi connectivity index (χ3v) is 6.16. The van der Waals surface area contributed by atoms with Crippen molar-refractivity contribution in [3.63, 3.8) is 0 Å². The number of urea groups is 1. The van der Waals surface area contributed by atoms with Gasteiger partial charge >= 0.3 is 6.03 Å². The van der Waals surface area contributed by atoms with Crippen LogP contribution in [0.1, 0.15) is 30.7 Å². The van der Waals surface area contributed by atoms with Crippen molar-refractivity contribution in [3.05, 3.63) is 58.6 Å². The van der Waals surface area contributed by atoms with E-state index in [2.05, 4.69) is 10.6 Å². The van der Waals surface area contributed by atoms with Crippen LogP contribution in [0.3, 0.4) is 0 Å². The molecular formula is C23H24ClF2N3O3. The van der Waals surface area contributed by atoms with Gasteiger partial charge in [0.2, 0.25) is 5.91 Å². The summed E-state index contributed by atoms with van der Waals surface area (Å²) in [6.45, 7) is 0.773. The van der Waals surface area contributed by atoms with Crippen LogP contribution in [0.25, 0.3) is 0 Å². The molecule has 0 bridgehead atoms. The highest BCUT2D eigenvalue weighted by Gasteiger charge is 2.40. The minimum absolute atomic E-state index is 0.0474. The number of likely N-dealkylation sites (tertiary alicyclic amines) is 1. The summed E-state index contributed by atoms with van der Waals surface area (Å²) in [5, 5.41) is 6.04. The zero-order valence-corrected chi connectivity index (χ0v) is 18.3. The Balaban J connectivity index is 1.57. The number of amides is 3. The molecule has 2 aromatic carbocycles. The molecule has 1 saturated carbocycles. The Labute approximate surface area is 189 Å². The number of anilines is 1. The van der Waals surface area contributed by atoms with Crippen LogP contribution in [0.2, 0.25) is 5.02 Å². The van der Waals surface area contributed by atoms with Crippen LogP contribution in [-0.4, -0.2) is 43.1 Å². The minimum Gasteiger partial charge on any atom is -0.497 e. The summed E-state index contributed by atoms with van der Waals surface area (Å²) in [4.78, 5) is 27.1. The standard InChI is InChI=1S/C23H24ClF2N3O3/c1-32-16-8-18(25)22(19(26)9-16)17-10-21(30)29(11-13-2-3-13)12-20(17)28-23(31)27-15-6-4-14(24)5-7-15/h4-9,13,17,20H,2-3,10-12H2,1H3,(H2,27,28,31)/t17?,20-/m1/s1. The number of methoxy groups -OCH3 is 1. The van der Waals surface area contributed by atoms with Crippen LogP contribution >= 0.6 is 11.6 Å². The molecule has 1 heterocycles. The number of piperidine rings is 1. The van der Waals surface area contributed by atoms with Gasteiger partial charge in [0.1, 0.15) is 17.4 Å². The number of halogens is 3. The van der Waals surface area contributed by atoms with Crippen molar-refractivity contribution in [2.75, 3.05) is 25.5 Å². The van der Waals surface area contributed by atoms with Crippen molar-refractivity contribution in [1.29, 1.82) is 0 Å². The van der Waals surface area contributed by atoms with Gasteiger partial charge in [-0.1, -0.05) is 11.6 Å². The molecule has 170 valence electrons. The average Bonchev–Trinajstić information content (AvgIpc) is 3.56. The van der Waals surface area contributed by atoms with Crippen molar-refractivity contribution >= 4 is 29.2 Å². The molecule has 2 fully saturated rings. The van der Waals surface area contributed by atoms with Gasteiger partial charge in [-0.25, -0.2) is 13.6 Å². The number of rotatable bonds is 6. The van der Waals surface area contributed by atoms with Gasteiger partial charge in [0, 0.05) is 53.8 Å². The van der Waals surface area contributed by atoms with Gasteiger partial charge in [-0.3, -0.25) is 4.79 Å². The Morgan fingerprint density at radius 2 is 1.84 bits per heavy atom. The number of nitrogens with zero attached hydrogens (tertiary/aromatic N) is 1. The van der Waals surface area contributed by atoms with E-state index in [1.54, 1.807) is 29.2 Å². The van der Waals surface area contributed by atoms with Gasteiger partial charge in [-0.2, -0.15) is 0 Å². The molecule has 3 amide bonds. The van der Waals surface area contributed by atoms with E-state index in [1.807, 2.05) is 0 Å². The third kappa shape index (κ3) is 5.12. The fourth-order valence-electron chi connectivity index (χ4n) is 4.07. The lowest BCUT2D eigenvalue weighted by Crippen LogP contribution is -2.55. The molecule has 2 aromatic rings. The molecular weight excluding hydrogens is 440 g/mol. The van der Waals surface area contributed by atoms with Gasteiger partial charge in [0.15, 0.2) is 0 Å². The zero-order chi connectivity index (χ0) is 22.8. The van der Waals surface area contributed by atoms with Crippen molar-refractivity contribution in [2.24, 2.45) is 5.92 Å². The molecule has 1 aliphatic heterocycles. The first-order valence-electron chi connectivity index (χ1n) is 10.5. The van der Waals surface area contributed by atoms with Crippen LogP contribution in [0.15, 0.2) is 36.4 Å². The first-order chi connectivity index (χ1) is 15.3. The molecule has 0 aromatic heterocycles. The first-order valence-corrected chi connectivity index (χ1v) is 10.9. The maximum absolute atomic E-state index is 14.8. The molecule has 6 nitrogen and oxygen atoms in total. The quantitative estimate of drug-likeness (QED) is 0.660. The number of ether oxygens (including phenoxy) is 1. The smallest absolute Gasteiger partial charge is 0.319 e. The normalized spacial score (nSPS) is 20.8. The minimum atomic E-state index is -0.847. The second-order valence-corrected chi connectivity index (χ2v) is 8.71. The monoisotopic (exact) mass is 463 g/mol. The summed E-state index contributed by atoms with van der Waals surface area (Å²) >= 11 is 5.87. The Morgan fingerprint density at radius 1 is 1.19 bits per heavy atom. The van der Waals surface area contributed by atoms with Crippen LogP contribution in [-0.2, 0) is 4.79 Å². The van der Waals surface area contributed by atoms with E-state index in [-0.39, 0.29) is 30.2 Å². The van der Waals surface area contributed by atoms with Crippen molar-refractivity contribution in [2.45, 2.75) is 31.2 Å². The molecule has 0 radical (unpaired) electrons. The van der Waals surface area contributed by atoms with Crippen molar-refractivity contribution in [3.8, 4) is 5.75 Å². The topological polar surface area (TPSA) is 70.7 Å². The Bertz CT molecular complexity index is 991. The summed E-state index contributed by atoms with van der Waals surface area (Å²) in [5.74, 6) is -2.13. The van der Waals surface area contributed by atoms with Gasteiger partial charge in [-0.05, 0) is 43.0 Å². The molecule has 0 spiro atoms. The van der Waals surface area contributed by atoms with Gasteiger partial charge in [0.05, 0.1) is 13.2 Å². The van der Waals surface area contributed by atoms with Crippen molar-refractivity contribution in [1.82, 2.24) is 10.2 Å². The fourth-order valence-corrected chi connectivity index (χ4v) is 4.19. The zero-order valence-electron chi connectivity index (χ0n) is 17.5. The molecule has 32 heavy (non-hydrogen) atoms. The summed E-state index contributed by atoms with van der Waals surface area (Å²) < 4.78 is 34.6. The second kappa shape index (κ2) is 9.32. The summed E-state index contributed by atoms with van der Waals surface area (Å²) in [6, 6.07) is 7.54. The molecule has 4 rings (SSSR count). The molecule has 1 unspecified atom stereocenters. The maximum Gasteiger partial charge on any atom is 0.319 e. The van der Waals surface area contributed by atoms with E-state index in [0.29, 0.717) is 23.2 Å². The van der Waals surface area contributed by atoms with Gasteiger partial charge < -0.3 is 20.3 Å². The molecule has 1 saturated heterocycles. The maximum atomic E-state index is 14.8. The fraction of sp³-hybridized carbons (Fsp3) is 0.391. The summed E-state index contributed by atoms with van der Waals surface area (Å²) in [7, 11) is 1.32. The van der Waals surface area contributed by atoms with Crippen LogP contribution in [0.5, 0.6) is 5.75 Å². The van der Waals surface area contributed by atoms with E-state index in [4.69, 9.17) is 16.3 Å². The second-order valence-electron chi connectivity index (χ2n) is 8.27. The number of hydrogen-bond acceptors (Lipinski definition) is 3. The third-order valence-electron chi connectivity index (χ3n) is 5.90. The molecule has 2 atom stereocenters. The lowest BCUT2D eigenvalue weighted by Gasteiger charge is -2.39. The van der Waals surface area contributed by atoms with Gasteiger partial charge in [-0.15, -0.1) is 0 Å². The number of carbonyl (C=O) groups excluding carboxylic acids is 2. The predicted octanol–water partition coefficient (Wildman–Crippen LogP) is 4.54. The highest BCUT2D eigenvalue weighted by molar-refractivity contribution is 6.30. The van der Waals surface area contributed by atoms with Crippen LogP contribution in [0, 0.1) is 17.6 Å². The van der Waals surface area contributed by atoms with E-state index >= 15 is 0 Å². The lowest BCUT2D eigenvalue weighted by molar-refractivity contribution is -0.135. The van der Waals surface area contributed by atoms with Crippen LogP contribution in [0.4, 0.5) is 19.3 Å². The number of carbonyl (C=O) groups is 2. The largest absolute Gasteiger partial charge is 0.497 e. The average molecular weight is 464 g/mol. The number of hydrogen-bond donors (Lipinski definition) is 2. The highest BCUT2D eigenvalue weighted by Crippen LogP contribution is 2.37. The predicted molar refractivity (Wildman–Crippen MR) is 117 cm³/mol. The molecule has 9 heteroatoms. The Hall–Kier alpha value is -2.87. The SMILES string of the molecule is COc1cc(F)c(C2CC(=O)N(CC3CC3)C[C@H]2NC(=O)Nc2ccc(Cl)cc2)c(F)c1. The van der Waals surface area contributed by atoms with E-state index in [9.17, 15) is 18.4 Å². The Kier molecular flexibility index (Phi) is 6.50. The van der Waals surface area contributed by atoms with Gasteiger partial charge in [0.25, 0.3) is 0 Å². The lowest BCUT2D eigenvalue weighted by atomic mass is 9.84. The number of nitrogens with one attached hydrogen (secondary N) is 2. The summed E-state index contributed by atoms with van der Waals surface area (Å²) in [6.07, 6.45) is 2.02. The van der Waals surface area contributed by atoms with Crippen molar-refractivity contribution < 1.29 is 23.1 Å². The molecule has 2 aliphatic rings. The number of benzene rings is 2. The molecule has 1 aliphatic carbocycles. The van der Waals surface area contributed by atoms with E-state index in [0.717, 1.165) is 25.0 Å².